The van der Waals surface area contributed by atoms with Gasteiger partial charge in [0.25, 0.3) is 0 Å². The van der Waals surface area contributed by atoms with Crippen LogP contribution in [0.25, 0.3) is 10.8 Å². The van der Waals surface area contributed by atoms with Crippen LogP contribution in [-0.2, 0) is 16.6 Å². The van der Waals surface area contributed by atoms with E-state index in [9.17, 15) is 8.42 Å². The van der Waals surface area contributed by atoms with Crippen molar-refractivity contribution in [2.75, 3.05) is 6.54 Å². The summed E-state index contributed by atoms with van der Waals surface area (Å²) in [6.45, 7) is 1.55. The van der Waals surface area contributed by atoms with E-state index in [1.54, 1.807) is 12.1 Å². The topological polar surface area (TPSA) is 64.0 Å². The second-order valence-electron chi connectivity index (χ2n) is 7.54. The van der Waals surface area contributed by atoms with Crippen LogP contribution >= 0.6 is 0 Å². The maximum atomic E-state index is 12.5. The fraction of sp³-hybridized carbons (Fsp3) is 0.435. The lowest BCUT2D eigenvalue weighted by molar-refractivity contribution is 0.536. The van der Waals surface area contributed by atoms with Crippen molar-refractivity contribution in [3.63, 3.8) is 0 Å². The van der Waals surface area contributed by atoms with E-state index in [1.807, 2.05) is 49.1 Å². The molecule has 0 radical (unpaired) electrons. The molecule has 156 valence electrons. The van der Waals surface area contributed by atoms with Crippen LogP contribution in [0.5, 0.6) is 0 Å². The zero-order valence-corrected chi connectivity index (χ0v) is 17.8. The lowest BCUT2D eigenvalue weighted by Crippen LogP contribution is -2.24. The molecule has 3 rings (SSSR count). The fourth-order valence-electron chi connectivity index (χ4n) is 3.52. The molecule has 5 nitrogen and oxygen atoms in total. The van der Waals surface area contributed by atoms with Crippen LogP contribution in [-0.4, -0.2) is 24.5 Å². The molecule has 0 saturated heterocycles. The molecule has 3 aromatic rings. The summed E-state index contributed by atoms with van der Waals surface area (Å²) in [6.07, 6.45) is 15.0. The van der Waals surface area contributed by atoms with Gasteiger partial charge in [-0.2, -0.15) is 0 Å². The van der Waals surface area contributed by atoms with Gasteiger partial charge in [0, 0.05) is 25.5 Å². The van der Waals surface area contributed by atoms with E-state index in [0.29, 0.717) is 11.4 Å². The molecule has 2 aromatic carbocycles. The molecule has 0 bridgehead atoms. The smallest absolute Gasteiger partial charge is 0.240 e. The van der Waals surface area contributed by atoms with E-state index >= 15 is 0 Å². The van der Waals surface area contributed by atoms with E-state index < -0.39 is 10.0 Å². The molecule has 0 aliphatic rings. The Bertz CT molecular complexity index is 969. The monoisotopic (exact) mass is 413 g/mol. The third-order valence-electron chi connectivity index (χ3n) is 5.23. The number of imidazole rings is 1. The quantitative estimate of drug-likeness (QED) is 0.395. The number of benzene rings is 2. The van der Waals surface area contributed by atoms with Gasteiger partial charge < -0.3 is 4.57 Å². The van der Waals surface area contributed by atoms with Crippen molar-refractivity contribution in [1.29, 1.82) is 0 Å². The fourth-order valence-corrected chi connectivity index (χ4v) is 4.63. The zero-order valence-electron chi connectivity index (χ0n) is 17.0. The number of hydrogen-bond acceptors (Lipinski definition) is 3. The highest BCUT2D eigenvalue weighted by Gasteiger charge is 2.13. The van der Waals surface area contributed by atoms with Crippen LogP contribution in [0.4, 0.5) is 0 Å². The molecule has 0 atom stereocenters. The van der Waals surface area contributed by atoms with Crippen LogP contribution in [0, 0.1) is 0 Å². The van der Waals surface area contributed by atoms with Crippen LogP contribution in [0.1, 0.15) is 51.4 Å². The first-order chi connectivity index (χ1) is 14.1. The standard InChI is InChI=1S/C23H31N3O2S/c27-29(28,23-14-13-21-11-7-8-12-22(21)19-23)25-15-9-5-3-1-2-4-6-10-17-26-18-16-24-20-26/h7-8,11-14,16,18-20,25H,1-6,9-10,15,17H2. The van der Waals surface area contributed by atoms with Gasteiger partial charge in [-0.15, -0.1) is 0 Å². The Morgan fingerprint density at radius 2 is 1.52 bits per heavy atom. The van der Waals surface area contributed by atoms with Gasteiger partial charge in [-0.05, 0) is 35.7 Å². The minimum atomic E-state index is -3.43. The molecule has 6 heteroatoms. The first kappa shape index (κ1) is 21.5. The summed E-state index contributed by atoms with van der Waals surface area (Å²) < 4.78 is 29.8. The lowest BCUT2D eigenvalue weighted by Gasteiger charge is -2.08. The van der Waals surface area contributed by atoms with Gasteiger partial charge in [0.1, 0.15) is 0 Å². The zero-order chi connectivity index (χ0) is 20.4. The lowest BCUT2D eigenvalue weighted by atomic mass is 10.1. The van der Waals surface area contributed by atoms with Crippen molar-refractivity contribution in [2.24, 2.45) is 0 Å². The molecule has 0 fully saturated rings. The van der Waals surface area contributed by atoms with Crippen molar-refractivity contribution in [2.45, 2.75) is 62.8 Å². The van der Waals surface area contributed by atoms with Gasteiger partial charge in [0.15, 0.2) is 0 Å². The van der Waals surface area contributed by atoms with Crippen LogP contribution < -0.4 is 4.72 Å². The van der Waals surface area contributed by atoms with Crippen molar-refractivity contribution in [3.05, 3.63) is 61.2 Å². The van der Waals surface area contributed by atoms with E-state index in [2.05, 4.69) is 14.3 Å². The first-order valence-electron chi connectivity index (χ1n) is 10.6. The maximum absolute atomic E-state index is 12.5. The Kier molecular flexibility index (Phi) is 8.25. The molecule has 29 heavy (non-hydrogen) atoms. The average Bonchev–Trinajstić information content (AvgIpc) is 3.25. The van der Waals surface area contributed by atoms with Crippen molar-refractivity contribution in [3.8, 4) is 0 Å². The first-order valence-corrected chi connectivity index (χ1v) is 12.1. The van der Waals surface area contributed by atoms with Gasteiger partial charge >= 0.3 is 0 Å². The molecule has 0 saturated carbocycles. The average molecular weight is 414 g/mol. The molecule has 1 N–H and O–H groups in total. The van der Waals surface area contributed by atoms with E-state index in [0.717, 1.165) is 30.2 Å². The summed E-state index contributed by atoms with van der Waals surface area (Å²) in [7, 11) is -3.43. The summed E-state index contributed by atoms with van der Waals surface area (Å²) in [6, 6.07) is 13.1. The predicted molar refractivity (Wildman–Crippen MR) is 118 cm³/mol. The highest BCUT2D eigenvalue weighted by molar-refractivity contribution is 7.89. The Labute approximate surface area is 174 Å². The van der Waals surface area contributed by atoms with Gasteiger partial charge in [-0.25, -0.2) is 18.1 Å². The molecule has 0 spiro atoms. The SMILES string of the molecule is O=S(=O)(NCCCCCCCCCCn1ccnc1)c1ccc2ccccc2c1. The maximum Gasteiger partial charge on any atom is 0.240 e. The molecule has 0 unspecified atom stereocenters. The van der Waals surface area contributed by atoms with Crippen LogP contribution in [0.2, 0.25) is 0 Å². The Hall–Kier alpha value is -2.18. The number of aromatic nitrogens is 2. The number of sulfonamides is 1. The normalized spacial score (nSPS) is 11.9. The Morgan fingerprint density at radius 3 is 2.24 bits per heavy atom. The van der Waals surface area contributed by atoms with Gasteiger partial charge in [-0.3, -0.25) is 0 Å². The van der Waals surface area contributed by atoms with E-state index in [1.165, 1.54) is 38.5 Å². The van der Waals surface area contributed by atoms with Crippen molar-refractivity contribution in [1.82, 2.24) is 14.3 Å². The summed E-state index contributed by atoms with van der Waals surface area (Å²) in [5.41, 5.74) is 0. The minimum Gasteiger partial charge on any atom is -0.337 e. The number of nitrogens with one attached hydrogen (secondary N) is 1. The number of rotatable bonds is 13. The summed E-state index contributed by atoms with van der Waals surface area (Å²) in [5, 5.41) is 1.99. The molecule has 0 amide bonds. The number of nitrogens with zero attached hydrogens (tertiary/aromatic N) is 2. The molecule has 0 aliphatic heterocycles. The van der Waals surface area contributed by atoms with Crippen LogP contribution in [0.15, 0.2) is 66.1 Å². The number of unbranched alkanes of at least 4 members (excludes halogenated alkanes) is 7. The molecule has 1 heterocycles. The van der Waals surface area contributed by atoms with E-state index in [4.69, 9.17) is 0 Å². The molecule has 0 aliphatic carbocycles. The van der Waals surface area contributed by atoms with Gasteiger partial charge in [0.05, 0.1) is 11.2 Å². The molecule has 1 aromatic heterocycles. The van der Waals surface area contributed by atoms with Gasteiger partial charge in [-0.1, -0.05) is 68.9 Å². The number of aryl methyl sites for hydroxylation is 1. The van der Waals surface area contributed by atoms with Crippen LogP contribution in [0.3, 0.4) is 0 Å². The van der Waals surface area contributed by atoms with Crippen molar-refractivity contribution >= 4 is 20.8 Å². The van der Waals surface area contributed by atoms with Crippen molar-refractivity contribution < 1.29 is 8.42 Å². The largest absolute Gasteiger partial charge is 0.337 e. The summed E-state index contributed by atoms with van der Waals surface area (Å²) in [4.78, 5) is 4.39. The van der Waals surface area contributed by atoms with Gasteiger partial charge in [0.2, 0.25) is 10.0 Å². The second-order valence-corrected chi connectivity index (χ2v) is 9.30. The minimum absolute atomic E-state index is 0.340. The summed E-state index contributed by atoms with van der Waals surface area (Å²) >= 11 is 0. The summed E-state index contributed by atoms with van der Waals surface area (Å²) in [5.74, 6) is 0. The molecular formula is C23H31N3O2S. The third-order valence-corrected chi connectivity index (χ3v) is 6.68. The highest BCUT2D eigenvalue weighted by atomic mass is 32.2. The Balaban J connectivity index is 1.25. The van der Waals surface area contributed by atoms with E-state index in [-0.39, 0.29) is 0 Å². The number of fused-ring (bicyclic) bond motifs is 1. The highest BCUT2D eigenvalue weighted by Crippen LogP contribution is 2.19. The second kappa shape index (κ2) is 11.1. The number of hydrogen-bond donors (Lipinski definition) is 1. The Morgan fingerprint density at radius 1 is 0.828 bits per heavy atom. The predicted octanol–water partition coefficient (Wildman–Crippen LogP) is 5.14. The molecular weight excluding hydrogens is 382 g/mol. The third kappa shape index (κ3) is 6.98.